The molecule has 162 valence electrons. The fraction of sp³-hybridized carbons (Fsp3) is 0.526. The van der Waals surface area contributed by atoms with Gasteiger partial charge >= 0.3 is 6.09 Å². The number of ether oxygens (including phenoxy) is 1. The third-order valence-electron chi connectivity index (χ3n) is 5.27. The molecule has 0 bridgehead atoms. The second kappa shape index (κ2) is 9.90. The molecule has 11 heteroatoms. The van der Waals surface area contributed by atoms with Crippen molar-refractivity contribution in [3.8, 4) is 0 Å². The van der Waals surface area contributed by atoms with Crippen LogP contribution in [-0.2, 0) is 16.1 Å². The molecule has 0 aromatic heterocycles. The summed E-state index contributed by atoms with van der Waals surface area (Å²) < 4.78 is 5.05. The second-order valence-electron chi connectivity index (χ2n) is 7.49. The molecule has 30 heavy (non-hydrogen) atoms. The van der Waals surface area contributed by atoms with Gasteiger partial charge in [0.05, 0.1) is 23.3 Å². The summed E-state index contributed by atoms with van der Waals surface area (Å²) in [6.07, 6.45) is 2.12. The molecule has 3 atom stereocenters. The fourth-order valence-electron chi connectivity index (χ4n) is 3.64. The molecule has 2 aliphatic heterocycles. The lowest BCUT2D eigenvalue weighted by Crippen LogP contribution is -2.43. The van der Waals surface area contributed by atoms with Gasteiger partial charge in [0.2, 0.25) is 5.91 Å². The minimum atomic E-state index is -0.671. The Morgan fingerprint density at radius 2 is 2.10 bits per heavy atom. The second-order valence-corrected chi connectivity index (χ2v) is 8.22. The third kappa shape index (κ3) is 5.70. The predicted octanol–water partition coefficient (Wildman–Crippen LogP) is 1.45. The molecular weight excluding hydrogens is 410 g/mol. The summed E-state index contributed by atoms with van der Waals surface area (Å²) in [5.74, 6) is 0.113. The maximum Gasteiger partial charge on any atom is 0.412 e. The number of thiol groups is 1. The molecule has 10 nitrogen and oxygen atoms in total. The number of non-ortho nitro benzene ring substituents is 1. The standard InChI is InChI=1S/C19H25N5O5S/c1-22-10-16(30)8-17(22)18(25)23-7-6-14(9-23)20-12-21-19(26)29-11-13-2-4-15(5-3-13)24(27)28/h2-5,12,14,16-17,30H,6-11H2,1H3,(H,20,21,26)/t14-,16-,17-/m0/s1. The van der Waals surface area contributed by atoms with Gasteiger partial charge < -0.3 is 9.64 Å². The highest BCUT2D eigenvalue weighted by molar-refractivity contribution is 7.81. The molecule has 1 aromatic carbocycles. The Hall–Kier alpha value is -2.66. The van der Waals surface area contributed by atoms with Crippen LogP contribution in [0.1, 0.15) is 18.4 Å². The number of amides is 2. The number of hydrogen-bond donors (Lipinski definition) is 2. The number of nitro groups is 1. The summed E-state index contributed by atoms with van der Waals surface area (Å²) in [6, 6.07) is 5.57. The largest absolute Gasteiger partial charge is 0.444 e. The quantitative estimate of drug-likeness (QED) is 0.230. The topological polar surface area (TPSA) is 117 Å². The van der Waals surface area contributed by atoms with E-state index in [-0.39, 0.29) is 35.5 Å². The van der Waals surface area contributed by atoms with Crippen LogP contribution in [0.25, 0.3) is 0 Å². The van der Waals surface area contributed by atoms with Gasteiger partial charge in [-0.3, -0.25) is 30.1 Å². The molecular formula is C19H25N5O5S. The maximum atomic E-state index is 12.7. The van der Waals surface area contributed by atoms with Crippen molar-refractivity contribution in [3.05, 3.63) is 39.9 Å². The lowest BCUT2D eigenvalue weighted by Gasteiger charge is -2.24. The third-order valence-corrected chi connectivity index (χ3v) is 5.65. The number of aliphatic imine (C=N–C) groups is 1. The Labute approximate surface area is 179 Å². The summed E-state index contributed by atoms with van der Waals surface area (Å²) in [6.45, 7) is 1.97. The van der Waals surface area contributed by atoms with Crippen LogP contribution in [0.2, 0.25) is 0 Å². The number of likely N-dealkylation sites (N-methyl/N-ethyl adjacent to an activating group) is 1. The molecule has 1 aromatic rings. The van der Waals surface area contributed by atoms with Crippen molar-refractivity contribution in [3.63, 3.8) is 0 Å². The number of benzene rings is 1. The monoisotopic (exact) mass is 435 g/mol. The van der Waals surface area contributed by atoms with E-state index >= 15 is 0 Å². The summed E-state index contributed by atoms with van der Waals surface area (Å²) in [7, 11) is 1.94. The van der Waals surface area contributed by atoms with Gasteiger partial charge in [-0.05, 0) is 37.6 Å². The van der Waals surface area contributed by atoms with Gasteiger partial charge in [-0.15, -0.1) is 0 Å². The molecule has 2 fully saturated rings. The van der Waals surface area contributed by atoms with Crippen molar-refractivity contribution in [2.45, 2.75) is 36.8 Å². The summed E-state index contributed by atoms with van der Waals surface area (Å²) in [5.41, 5.74) is 0.613. The van der Waals surface area contributed by atoms with Crippen LogP contribution in [0.5, 0.6) is 0 Å². The number of alkyl carbamates (subject to hydrolysis) is 1. The van der Waals surface area contributed by atoms with Crippen LogP contribution < -0.4 is 5.32 Å². The number of nitrogens with zero attached hydrogens (tertiary/aromatic N) is 4. The molecule has 0 spiro atoms. The zero-order valence-corrected chi connectivity index (χ0v) is 17.5. The van der Waals surface area contributed by atoms with E-state index in [1.54, 1.807) is 0 Å². The average molecular weight is 436 g/mol. The van der Waals surface area contributed by atoms with E-state index in [0.29, 0.717) is 18.7 Å². The van der Waals surface area contributed by atoms with Gasteiger partial charge in [0.15, 0.2) is 0 Å². The van der Waals surface area contributed by atoms with E-state index in [0.717, 1.165) is 19.4 Å². The molecule has 2 saturated heterocycles. The summed E-state index contributed by atoms with van der Waals surface area (Å²) >= 11 is 4.47. The Kier molecular flexibility index (Phi) is 7.27. The number of likely N-dealkylation sites (tertiary alicyclic amines) is 2. The van der Waals surface area contributed by atoms with E-state index in [2.05, 4.69) is 22.9 Å². The molecule has 2 aliphatic rings. The van der Waals surface area contributed by atoms with Crippen LogP contribution >= 0.6 is 12.6 Å². The Morgan fingerprint density at radius 3 is 2.73 bits per heavy atom. The highest BCUT2D eigenvalue weighted by Crippen LogP contribution is 2.24. The molecule has 0 unspecified atom stereocenters. The van der Waals surface area contributed by atoms with Crippen LogP contribution in [0.15, 0.2) is 29.3 Å². The first-order chi connectivity index (χ1) is 14.3. The number of rotatable bonds is 6. The smallest absolute Gasteiger partial charge is 0.412 e. The molecule has 0 saturated carbocycles. The van der Waals surface area contributed by atoms with E-state index in [9.17, 15) is 19.7 Å². The Balaban J connectivity index is 1.38. The molecule has 0 radical (unpaired) electrons. The van der Waals surface area contributed by atoms with Gasteiger partial charge in [0.1, 0.15) is 6.61 Å². The first-order valence-corrected chi connectivity index (χ1v) is 10.2. The molecule has 2 amide bonds. The van der Waals surface area contributed by atoms with Crippen LogP contribution in [0.3, 0.4) is 0 Å². The predicted molar refractivity (Wildman–Crippen MR) is 114 cm³/mol. The lowest BCUT2D eigenvalue weighted by atomic mass is 10.2. The zero-order chi connectivity index (χ0) is 21.7. The maximum absolute atomic E-state index is 12.7. The van der Waals surface area contributed by atoms with E-state index < -0.39 is 11.0 Å². The van der Waals surface area contributed by atoms with Crippen molar-refractivity contribution < 1.29 is 19.2 Å². The van der Waals surface area contributed by atoms with Gasteiger partial charge in [-0.25, -0.2) is 4.79 Å². The molecule has 2 heterocycles. The van der Waals surface area contributed by atoms with Gasteiger partial charge in [-0.2, -0.15) is 12.6 Å². The minimum absolute atomic E-state index is 0.00951. The van der Waals surface area contributed by atoms with Crippen molar-refractivity contribution >= 4 is 36.7 Å². The van der Waals surface area contributed by atoms with Gasteiger partial charge in [0, 0.05) is 37.0 Å². The van der Waals surface area contributed by atoms with Crippen molar-refractivity contribution in [2.24, 2.45) is 4.99 Å². The first kappa shape index (κ1) is 22.0. The zero-order valence-electron chi connectivity index (χ0n) is 16.6. The average Bonchev–Trinajstić information content (AvgIpc) is 3.32. The molecule has 3 rings (SSSR count). The number of hydrogen-bond acceptors (Lipinski definition) is 8. The molecule has 1 N–H and O–H groups in total. The van der Waals surface area contributed by atoms with Crippen molar-refractivity contribution in [2.75, 3.05) is 26.7 Å². The number of carbonyl (C=O) groups excluding carboxylic acids is 2. The SMILES string of the molecule is CN1C[C@@H](S)C[C@H]1C(=O)N1CC[C@H](N=CNC(=O)OCc2ccc([N+](=O)[O-])cc2)C1. The van der Waals surface area contributed by atoms with E-state index in [4.69, 9.17) is 4.74 Å². The van der Waals surface area contributed by atoms with Crippen molar-refractivity contribution in [1.82, 2.24) is 15.1 Å². The number of carbonyl (C=O) groups is 2. The lowest BCUT2D eigenvalue weighted by molar-refractivity contribution is -0.384. The van der Waals surface area contributed by atoms with Crippen LogP contribution in [-0.4, -0.2) is 77.1 Å². The highest BCUT2D eigenvalue weighted by Gasteiger charge is 2.37. The molecule has 0 aliphatic carbocycles. The minimum Gasteiger partial charge on any atom is -0.444 e. The van der Waals surface area contributed by atoms with Crippen LogP contribution in [0, 0.1) is 10.1 Å². The Bertz CT molecular complexity index is 818. The van der Waals surface area contributed by atoms with Gasteiger partial charge in [-0.1, -0.05) is 0 Å². The highest BCUT2D eigenvalue weighted by atomic mass is 32.1. The van der Waals surface area contributed by atoms with E-state index in [1.165, 1.54) is 30.6 Å². The summed E-state index contributed by atoms with van der Waals surface area (Å²) in [4.78, 5) is 42.8. The number of nitro benzene ring substituents is 1. The normalized spacial score (nSPS) is 24.3. The summed E-state index contributed by atoms with van der Waals surface area (Å²) in [5, 5.41) is 13.3. The van der Waals surface area contributed by atoms with E-state index in [1.807, 2.05) is 16.8 Å². The first-order valence-electron chi connectivity index (χ1n) is 9.69. The Morgan fingerprint density at radius 1 is 1.37 bits per heavy atom. The van der Waals surface area contributed by atoms with Gasteiger partial charge in [0.25, 0.3) is 5.69 Å². The van der Waals surface area contributed by atoms with Crippen molar-refractivity contribution in [1.29, 1.82) is 0 Å². The van der Waals surface area contributed by atoms with Crippen LogP contribution in [0.4, 0.5) is 10.5 Å². The number of nitrogens with one attached hydrogen (secondary N) is 1. The fourth-order valence-corrected chi connectivity index (χ4v) is 4.09.